The summed E-state index contributed by atoms with van der Waals surface area (Å²) in [5, 5.41) is 0. The van der Waals surface area contributed by atoms with E-state index in [-0.39, 0.29) is 5.78 Å². The van der Waals surface area contributed by atoms with Gasteiger partial charge in [0, 0.05) is 36.8 Å². The summed E-state index contributed by atoms with van der Waals surface area (Å²) >= 11 is 0. The first-order chi connectivity index (χ1) is 12.1. The molecular formula is C20H18N2O3. The molecule has 3 aromatic rings. The summed E-state index contributed by atoms with van der Waals surface area (Å²) in [6.45, 7) is 1.47. The molecule has 1 atom stereocenters. The van der Waals surface area contributed by atoms with Crippen molar-refractivity contribution >= 4 is 11.8 Å². The molecule has 25 heavy (non-hydrogen) atoms. The van der Waals surface area contributed by atoms with Crippen LogP contribution in [-0.2, 0) is 11.8 Å². The number of esters is 1. The molecule has 1 unspecified atom stereocenters. The molecule has 0 aliphatic carbocycles. The number of ether oxygens (including phenoxy) is 1. The Balaban J connectivity index is 1.93. The fourth-order valence-electron chi connectivity index (χ4n) is 2.62. The average molecular weight is 334 g/mol. The minimum atomic E-state index is -0.549. The predicted molar refractivity (Wildman–Crippen MR) is 93.4 cm³/mol. The van der Waals surface area contributed by atoms with E-state index in [2.05, 4.69) is 4.98 Å². The second-order valence-corrected chi connectivity index (χ2v) is 5.76. The number of rotatable bonds is 5. The van der Waals surface area contributed by atoms with Crippen molar-refractivity contribution < 1.29 is 14.3 Å². The molecule has 0 bridgehead atoms. The molecule has 0 saturated carbocycles. The van der Waals surface area contributed by atoms with Crippen LogP contribution in [0.2, 0.25) is 0 Å². The molecule has 0 aliphatic heterocycles. The van der Waals surface area contributed by atoms with Crippen molar-refractivity contribution in [3.63, 3.8) is 0 Å². The predicted octanol–water partition coefficient (Wildman–Crippen LogP) is 3.57. The molecule has 0 saturated heterocycles. The molecular weight excluding hydrogens is 316 g/mol. The number of carbonyl (C=O) groups is 2. The van der Waals surface area contributed by atoms with Crippen LogP contribution in [0.15, 0.2) is 67.1 Å². The maximum Gasteiger partial charge on any atom is 0.355 e. The third-order valence-corrected chi connectivity index (χ3v) is 3.96. The number of ketones is 1. The molecule has 0 N–H and O–H groups in total. The Morgan fingerprint density at radius 1 is 1.04 bits per heavy atom. The van der Waals surface area contributed by atoms with Gasteiger partial charge in [-0.3, -0.25) is 9.78 Å². The third-order valence-electron chi connectivity index (χ3n) is 3.96. The van der Waals surface area contributed by atoms with E-state index in [0.29, 0.717) is 11.3 Å². The zero-order valence-electron chi connectivity index (χ0n) is 14.0. The number of hydrogen-bond acceptors (Lipinski definition) is 4. The van der Waals surface area contributed by atoms with E-state index in [1.807, 2.05) is 42.5 Å². The van der Waals surface area contributed by atoms with E-state index in [0.717, 1.165) is 11.1 Å². The number of carbonyl (C=O) groups excluding carboxylic acids is 2. The second-order valence-electron chi connectivity index (χ2n) is 5.76. The van der Waals surface area contributed by atoms with Gasteiger partial charge in [-0.05, 0) is 30.7 Å². The standard InChI is InChI=1S/C20H18N2O3/c1-14(23)17-12-18(22(2)13-17)20(24)25-19(15-6-4-3-5-7-15)16-8-10-21-11-9-16/h3-13,19H,1-2H3. The molecule has 1 aromatic carbocycles. The van der Waals surface area contributed by atoms with Crippen molar-refractivity contribution in [1.82, 2.24) is 9.55 Å². The van der Waals surface area contributed by atoms with Gasteiger partial charge in [0.15, 0.2) is 11.9 Å². The Morgan fingerprint density at radius 2 is 1.68 bits per heavy atom. The van der Waals surface area contributed by atoms with E-state index in [1.165, 1.54) is 6.92 Å². The molecule has 0 radical (unpaired) electrons. The van der Waals surface area contributed by atoms with Gasteiger partial charge in [-0.25, -0.2) is 4.79 Å². The summed E-state index contributed by atoms with van der Waals surface area (Å²) < 4.78 is 7.39. The summed E-state index contributed by atoms with van der Waals surface area (Å²) in [4.78, 5) is 28.2. The molecule has 0 fully saturated rings. The van der Waals surface area contributed by atoms with Crippen LogP contribution in [0.1, 0.15) is 45.0 Å². The average Bonchev–Trinajstić information content (AvgIpc) is 3.03. The molecule has 0 amide bonds. The third kappa shape index (κ3) is 3.66. The quantitative estimate of drug-likeness (QED) is 0.529. The Morgan fingerprint density at radius 3 is 2.28 bits per heavy atom. The fraction of sp³-hybridized carbons (Fsp3) is 0.150. The lowest BCUT2D eigenvalue weighted by atomic mass is 10.0. The number of pyridine rings is 1. The molecule has 3 rings (SSSR count). The Kier molecular flexibility index (Phi) is 4.75. The van der Waals surface area contributed by atoms with Crippen LogP contribution in [0.25, 0.3) is 0 Å². The van der Waals surface area contributed by atoms with E-state index >= 15 is 0 Å². The van der Waals surface area contributed by atoms with E-state index in [1.54, 1.807) is 36.3 Å². The smallest absolute Gasteiger partial charge is 0.355 e. The zero-order chi connectivity index (χ0) is 17.8. The summed E-state index contributed by atoms with van der Waals surface area (Å²) in [6.07, 6.45) is 4.40. The Hall–Kier alpha value is -3.21. The number of aryl methyl sites for hydroxylation is 1. The van der Waals surface area contributed by atoms with Crippen LogP contribution in [0.4, 0.5) is 0 Å². The maximum atomic E-state index is 12.7. The molecule has 0 aliphatic rings. The van der Waals surface area contributed by atoms with Crippen molar-refractivity contribution in [1.29, 1.82) is 0 Å². The topological polar surface area (TPSA) is 61.2 Å². The number of benzene rings is 1. The van der Waals surface area contributed by atoms with E-state index in [9.17, 15) is 9.59 Å². The Bertz CT molecular complexity index is 846. The minimum absolute atomic E-state index is 0.0941. The molecule has 126 valence electrons. The van der Waals surface area contributed by atoms with Gasteiger partial charge in [-0.1, -0.05) is 30.3 Å². The van der Waals surface area contributed by atoms with Crippen molar-refractivity contribution in [3.05, 3.63) is 89.5 Å². The highest BCUT2D eigenvalue weighted by Crippen LogP contribution is 2.27. The van der Waals surface area contributed by atoms with Crippen LogP contribution in [0.5, 0.6) is 0 Å². The van der Waals surface area contributed by atoms with Crippen molar-refractivity contribution in [3.8, 4) is 0 Å². The summed E-state index contributed by atoms with van der Waals surface area (Å²) in [5.41, 5.74) is 2.51. The van der Waals surface area contributed by atoms with Crippen molar-refractivity contribution in [2.24, 2.45) is 7.05 Å². The molecule has 2 heterocycles. The SMILES string of the molecule is CC(=O)c1cc(C(=O)OC(c2ccccc2)c2ccncc2)n(C)c1. The lowest BCUT2D eigenvalue weighted by molar-refractivity contribution is 0.0366. The van der Waals surface area contributed by atoms with Gasteiger partial charge in [-0.2, -0.15) is 0 Å². The molecule has 5 heteroatoms. The van der Waals surface area contributed by atoms with Gasteiger partial charge in [0.05, 0.1) is 0 Å². The summed E-state index contributed by atoms with van der Waals surface area (Å²) in [5.74, 6) is -0.580. The van der Waals surface area contributed by atoms with E-state index < -0.39 is 12.1 Å². The minimum Gasteiger partial charge on any atom is -0.448 e. The number of hydrogen-bond donors (Lipinski definition) is 0. The van der Waals surface area contributed by atoms with Gasteiger partial charge in [-0.15, -0.1) is 0 Å². The van der Waals surface area contributed by atoms with E-state index in [4.69, 9.17) is 4.74 Å². The number of Topliss-reactive ketones (excluding diaryl/α,β-unsaturated/α-hetero) is 1. The van der Waals surface area contributed by atoms with Crippen LogP contribution in [0.3, 0.4) is 0 Å². The van der Waals surface area contributed by atoms with Gasteiger partial charge in [0.2, 0.25) is 0 Å². The van der Waals surface area contributed by atoms with Gasteiger partial charge in [0.25, 0.3) is 0 Å². The lowest BCUT2D eigenvalue weighted by Gasteiger charge is -2.19. The van der Waals surface area contributed by atoms with Gasteiger partial charge >= 0.3 is 5.97 Å². The normalized spacial score (nSPS) is 11.8. The largest absolute Gasteiger partial charge is 0.448 e. The fourth-order valence-corrected chi connectivity index (χ4v) is 2.62. The Labute approximate surface area is 145 Å². The summed E-state index contributed by atoms with van der Waals surface area (Å²) in [6, 6.07) is 14.7. The highest BCUT2D eigenvalue weighted by Gasteiger charge is 2.22. The summed E-state index contributed by atoms with van der Waals surface area (Å²) in [7, 11) is 1.72. The van der Waals surface area contributed by atoms with Gasteiger partial charge < -0.3 is 9.30 Å². The van der Waals surface area contributed by atoms with Crippen LogP contribution in [-0.4, -0.2) is 21.3 Å². The molecule has 2 aromatic heterocycles. The first-order valence-electron chi connectivity index (χ1n) is 7.89. The zero-order valence-corrected chi connectivity index (χ0v) is 14.0. The monoisotopic (exact) mass is 334 g/mol. The second kappa shape index (κ2) is 7.13. The number of nitrogens with zero attached hydrogens (tertiary/aromatic N) is 2. The first kappa shape index (κ1) is 16.6. The highest BCUT2D eigenvalue weighted by molar-refractivity contribution is 5.97. The lowest BCUT2D eigenvalue weighted by Crippen LogP contribution is -2.15. The van der Waals surface area contributed by atoms with Crippen LogP contribution in [0, 0.1) is 0 Å². The molecule has 0 spiro atoms. The van der Waals surface area contributed by atoms with Crippen LogP contribution < -0.4 is 0 Å². The first-order valence-corrected chi connectivity index (χ1v) is 7.89. The highest BCUT2D eigenvalue weighted by atomic mass is 16.5. The maximum absolute atomic E-state index is 12.7. The van der Waals surface area contributed by atoms with Crippen LogP contribution >= 0.6 is 0 Å². The molecule has 5 nitrogen and oxygen atoms in total. The van der Waals surface area contributed by atoms with Gasteiger partial charge in [0.1, 0.15) is 5.69 Å². The number of aromatic nitrogens is 2. The van der Waals surface area contributed by atoms with Crippen molar-refractivity contribution in [2.45, 2.75) is 13.0 Å². The van der Waals surface area contributed by atoms with Crippen molar-refractivity contribution in [2.75, 3.05) is 0 Å².